The standard InChI is InChI=1S/C16H21F3N2O3/c1-23-14(24-2)10-20-13-4-3-11-5-7-21(8-6-12(11)9-13)15(22)16(17,18)19/h3-4,9,14,20H,5-8,10H2,1-2H3. The van der Waals surface area contributed by atoms with Crippen molar-refractivity contribution in [2.75, 3.05) is 39.2 Å². The van der Waals surface area contributed by atoms with Gasteiger partial charge in [0.2, 0.25) is 0 Å². The van der Waals surface area contributed by atoms with Crippen molar-refractivity contribution in [2.24, 2.45) is 0 Å². The van der Waals surface area contributed by atoms with Gasteiger partial charge in [-0.05, 0) is 36.1 Å². The smallest absolute Gasteiger partial charge is 0.380 e. The first-order valence-corrected chi connectivity index (χ1v) is 7.62. The number of amides is 1. The van der Waals surface area contributed by atoms with E-state index < -0.39 is 12.1 Å². The fourth-order valence-corrected chi connectivity index (χ4v) is 2.68. The number of halogens is 3. The third-order valence-corrected chi connectivity index (χ3v) is 4.04. The van der Waals surface area contributed by atoms with Crippen molar-refractivity contribution in [2.45, 2.75) is 25.3 Å². The molecule has 1 aromatic carbocycles. The van der Waals surface area contributed by atoms with Crippen molar-refractivity contribution in [3.63, 3.8) is 0 Å². The van der Waals surface area contributed by atoms with Gasteiger partial charge in [0, 0.05) is 33.0 Å². The summed E-state index contributed by atoms with van der Waals surface area (Å²) in [7, 11) is 3.08. The fourth-order valence-electron chi connectivity index (χ4n) is 2.68. The number of carbonyl (C=O) groups is 1. The molecular formula is C16H21F3N2O3. The number of alkyl halides is 3. The van der Waals surface area contributed by atoms with Gasteiger partial charge in [0.25, 0.3) is 0 Å². The normalized spacial score (nSPS) is 15.2. The van der Waals surface area contributed by atoms with Crippen LogP contribution in [0.1, 0.15) is 11.1 Å². The first-order chi connectivity index (χ1) is 11.3. The molecule has 1 aliphatic heterocycles. The highest BCUT2D eigenvalue weighted by molar-refractivity contribution is 5.82. The number of methoxy groups -OCH3 is 2. The Labute approximate surface area is 138 Å². The lowest BCUT2D eigenvalue weighted by Crippen LogP contribution is -2.42. The van der Waals surface area contributed by atoms with Crippen molar-refractivity contribution in [3.8, 4) is 0 Å². The summed E-state index contributed by atoms with van der Waals surface area (Å²) >= 11 is 0. The van der Waals surface area contributed by atoms with Gasteiger partial charge >= 0.3 is 12.1 Å². The van der Waals surface area contributed by atoms with Crippen LogP contribution in [0.25, 0.3) is 0 Å². The van der Waals surface area contributed by atoms with Crippen LogP contribution >= 0.6 is 0 Å². The van der Waals surface area contributed by atoms with Crippen LogP contribution in [-0.4, -0.2) is 57.1 Å². The number of nitrogens with one attached hydrogen (secondary N) is 1. The van der Waals surface area contributed by atoms with E-state index in [0.29, 0.717) is 19.4 Å². The average Bonchev–Trinajstić information content (AvgIpc) is 2.76. The van der Waals surface area contributed by atoms with Gasteiger partial charge in [-0.2, -0.15) is 13.2 Å². The molecule has 0 aromatic heterocycles. The Morgan fingerprint density at radius 2 is 1.83 bits per heavy atom. The molecule has 0 saturated heterocycles. The van der Waals surface area contributed by atoms with E-state index in [0.717, 1.165) is 21.7 Å². The Kier molecular flexibility index (Phi) is 6.06. The van der Waals surface area contributed by atoms with Gasteiger partial charge in [-0.3, -0.25) is 4.79 Å². The topological polar surface area (TPSA) is 50.8 Å². The highest BCUT2D eigenvalue weighted by Crippen LogP contribution is 2.24. The Morgan fingerprint density at radius 3 is 2.42 bits per heavy atom. The molecule has 0 aliphatic carbocycles. The van der Waals surface area contributed by atoms with E-state index in [1.165, 1.54) is 0 Å². The summed E-state index contributed by atoms with van der Waals surface area (Å²) in [5, 5.41) is 3.16. The predicted octanol–water partition coefficient (Wildman–Crippen LogP) is 2.21. The van der Waals surface area contributed by atoms with Crippen LogP contribution in [-0.2, 0) is 27.1 Å². The van der Waals surface area contributed by atoms with Crippen LogP contribution in [0.4, 0.5) is 18.9 Å². The Bertz CT molecular complexity index is 574. The zero-order valence-electron chi connectivity index (χ0n) is 13.7. The van der Waals surface area contributed by atoms with Gasteiger partial charge in [0.05, 0.1) is 6.54 Å². The Balaban J connectivity index is 2.03. The second-order valence-corrected chi connectivity index (χ2v) is 5.56. The number of benzene rings is 1. The van der Waals surface area contributed by atoms with E-state index in [2.05, 4.69) is 5.32 Å². The van der Waals surface area contributed by atoms with E-state index in [1.807, 2.05) is 18.2 Å². The van der Waals surface area contributed by atoms with Crippen molar-refractivity contribution >= 4 is 11.6 Å². The third kappa shape index (κ3) is 4.61. The summed E-state index contributed by atoms with van der Waals surface area (Å²) in [6.45, 7) is 0.589. The number of rotatable bonds is 5. The van der Waals surface area contributed by atoms with E-state index in [-0.39, 0.29) is 19.4 Å². The molecule has 24 heavy (non-hydrogen) atoms. The van der Waals surface area contributed by atoms with Crippen LogP contribution in [0, 0.1) is 0 Å². The van der Waals surface area contributed by atoms with Crippen molar-refractivity contribution in [3.05, 3.63) is 29.3 Å². The number of ether oxygens (including phenoxy) is 2. The SMILES string of the molecule is COC(CNc1ccc2c(c1)CCN(C(=O)C(F)(F)F)CC2)OC. The number of hydrogen-bond acceptors (Lipinski definition) is 4. The number of anilines is 1. The fraction of sp³-hybridized carbons (Fsp3) is 0.562. The second kappa shape index (κ2) is 7.85. The monoisotopic (exact) mass is 346 g/mol. The molecule has 0 radical (unpaired) electrons. The van der Waals surface area contributed by atoms with Gasteiger partial charge in [0.15, 0.2) is 6.29 Å². The summed E-state index contributed by atoms with van der Waals surface area (Å²) in [6.07, 6.45) is -4.40. The lowest BCUT2D eigenvalue weighted by Gasteiger charge is -2.21. The molecule has 1 amide bonds. The molecule has 8 heteroatoms. The Hall–Kier alpha value is -1.80. The van der Waals surface area contributed by atoms with Gasteiger partial charge < -0.3 is 19.7 Å². The maximum atomic E-state index is 12.6. The highest BCUT2D eigenvalue weighted by atomic mass is 19.4. The van der Waals surface area contributed by atoms with E-state index in [4.69, 9.17) is 9.47 Å². The first kappa shape index (κ1) is 18.5. The van der Waals surface area contributed by atoms with Gasteiger partial charge in [-0.25, -0.2) is 0 Å². The second-order valence-electron chi connectivity index (χ2n) is 5.56. The molecule has 0 unspecified atom stereocenters. The van der Waals surface area contributed by atoms with E-state index >= 15 is 0 Å². The molecule has 5 nitrogen and oxygen atoms in total. The molecule has 0 fully saturated rings. The van der Waals surface area contributed by atoms with Gasteiger partial charge in [0.1, 0.15) is 0 Å². The lowest BCUT2D eigenvalue weighted by atomic mass is 10.0. The maximum absolute atomic E-state index is 12.6. The minimum Gasteiger partial charge on any atom is -0.380 e. The summed E-state index contributed by atoms with van der Waals surface area (Å²) in [4.78, 5) is 12.3. The van der Waals surface area contributed by atoms with E-state index in [9.17, 15) is 18.0 Å². The minimum absolute atomic E-state index is 0.0631. The zero-order valence-corrected chi connectivity index (χ0v) is 13.7. The van der Waals surface area contributed by atoms with Crippen molar-refractivity contribution in [1.82, 2.24) is 4.90 Å². The summed E-state index contributed by atoms with van der Waals surface area (Å²) in [5.74, 6) is -1.77. The minimum atomic E-state index is -4.82. The van der Waals surface area contributed by atoms with Crippen molar-refractivity contribution < 1.29 is 27.4 Å². The molecule has 134 valence electrons. The molecule has 1 N–H and O–H groups in total. The van der Waals surface area contributed by atoms with E-state index in [1.54, 1.807) is 14.2 Å². The number of carbonyl (C=O) groups excluding carboxylic acids is 1. The van der Waals surface area contributed by atoms with Crippen molar-refractivity contribution in [1.29, 1.82) is 0 Å². The molecule has 1 aliphatic rings. The molecule has 1 aromatic rings. The van der Waals surface area contributed by atoms with Crippen LogP contribution in [0.3, 0.4) is 0 Å². The van der Waals surface area contributed by atoms with Gasteiger partial charge in [-0.15, -0.1) is 0 Å². The Morgan fingerprint density at radius 1 is 1.21 bits per heavy atom. The molecule has 0 spiro atoms. The van der Waals surface area contributed by atoms with Crippen LogP contribution in [0.2, 0.25) is 0 Å². The molecule has 0 atom stereocenters. The van der Waals surface area contributed by atoms with Crippen LogP contribution < -0.4 is 5.32 Å². The summed E-state index contributed by atoms with van der Waals surface area (Å²) < 4.78 is 47.9. The first-order valence-electron chi connectivity index (χ1n) is 7.62. The van der Waals surface area contributed by atoms with Crippen LogP contribution in [0.5, 0.6) is 0 Å². The maximum Gasteiger partial charge on any atom is 0.471 e. The number of fused-ring (bicyclic) bond motifs is 1. The third-order valence-electron chi connectivity index (χ3n) is 4.04. The number of hydrogen-bond donors (Lipinski definition) is 1. The quantitative estimate of drug-likeness (QED) is 0.831. The molecule has 2 rings (SSSR count). The zero-order chi connectivity index (χ0) is 17.7. The lowest BCUT2D eigenvalue weighted by molar-refractivity contribution is -0.185. The molecule has 1 heterocycles. The average molecular weight is 346 g/mol. The molecule has 0 bridgehead atoms. The van der Waals surface area contributed by atoms with Crippen LogP contribution in [0.15, 0.2) is 18.2 Å². The summed E-state index contributed by atoms with van der Waals surface area (Å²) in [6, 6.07) is 5.65. The number of nitrogens with zero attached hydrogens (tertiary/aromatic N) is 1. The predicted molar refractivity (Wildman–Crippen MR) is 82.8 cm³/mol. The van der Waals surface area contributed by atoms with Gasteiger partial charge in [-0.1, -0.05) is 6.07 Å². The molecular weight excluding hydrogens is 325 g/mol. The summed E-state index contributed by atoms with van der Waals surface area (Å²) in [5.41, 5.74) is 2.75. The largest absolute Gasteiger partial charge is 0.471 e. The highest BCUT2D eigenvalue weighted by Gasteiger charge is 2.42. The molecule has 0 saturated carbocycles.